The topological polar surface area (TPSA) is 46.9 Å². The van der Waals surface area contributed by atoms with Gasteiger partial charge in [-0.15, -0.1) is 11.8 Å². The summed E-state index contributed by atoms with van der Waals surface area (Å²) in [6.45, 7) is 1.45. The maximum atomic E-state index is 13.2. The van der Waals surface area contributed by atoms with Crippen LogP contribution in [0.2, 0.25) is 0 Å². The van der Waals surface area contributed by atoms with Gasteiger partial charge in [0.1, 0.15) is 5.75 Å². The summed E-state index contributed by atoms with van der Waals surface area (Å²) in [7, 11) is 5.78. The van der Waals surface area contributed by atoms with E-state index in [4.69, 9.17) is 9.72 Å². The third kappa shape index (κ3) is 4.61. The molecular weight excluding hydrogens is 378 g/mol. The number of anilines is 1. The monoisotopic (exact) mass is 402 g/mol. The number of quaternary nitrogens is 1. The molecule has 27 heavy (non-hydrogen) atoms. The largest absolute Gasteiger partial charge is 0.497 e. The molecular formula is C20H24N3O2S2+. The first kappa shape index (κ1) is 19.7. The van der Waals surface area contributed by atoms with Gasteiger partial charge in [-0.3, -0.25) is 9.69 Å². The lowest BCUT2D eigenvalue weighted by Crippen LogP contribution is -3.06. The highest BCUT2D eigenvalue weighted by molar-refractivity contribution is 7.98. The number of methoxy groups -OCH3 is 1. The van der Waals surface area contributed by atoms with Crippen LogP contribution >= 0.6 is 23.1 Å². The van der Waals surface area contributed by atoms with Crippen molar-refractivity contribution < 1.29 is 14.4 Å². The molecule has 7 heteroatoms. The fourth-order valence-corrected chi connectivity index (χ4v) is 4.19. The maximum absolute atomic E-state index is 13.2. The Kier molecular flexibility index (Phi) is 6.36. The van der Waals surface area contributed by atoms with E-state index < -0.39 is 0 Å². The number of rotatable bonds is 7. The van der Waals surface area contributed by atoms with Gasteiger partial charge in [0.15, 0.2) is 5.13 Å². The van der Waals surface area contributed by atoms with Gasteiger partial charge in [-0.1, -0.05) is 11.3 Å². The second kappa shape index (κ2) is 8.73. The fraction of sp³-hybridized carbons (Fsp3) is 0.300. The number of hydrogen-bond donors (Lipinski definition) is 1. The molecule has 1 aromatic heterocycles. The van der Waals surface area contributed by atoms with Crippen LogP contribution in [-0.4, -0.2) is 51.4 Å². The molecule has 1 heterocycles. The van der Waals surface area contributed by atoms with Gasteiger partial charge in [-0.05, 0) is 48.7 Å². The van der Waals surface area contributed by atoms with Crippen molar-refractivity contribution in [3.63, 3.8) is 0 Å². The van der Waals surface area contributed by atoms with Crippen molar-refractivity contribution in [3.8, 4) is 5.75 Å². The molecule has 0 aliphatic rings. The zero-order chi connectivity index (χ0) is 19.4. The molecule has 2 aromatic carbocycles. The lowest BCUT2D eigenvalue weighted by Gasteiger charge is -2.20. The SMILES string of the molecule is COc1ccc(C(=O)N(CC[NH+](C)C)c2nc3ccc(SC)cc3s2)cc1. The van der Waals surface area contributed by atoms with E-state index in [9.17, 15) is 4.79 Å². The lowest BCUT2D eigenvalue weighted by molar-refractivity contribution is -0.856. The van der Waals surface area contributed by atoms with Gasteiger partial charge in [-0.2, -0.15) is 0 Å². The van der Waals surface area contributed by atoms with Crippen LogP contribution in [0.4, 0.5) is 5.13 Å². The highest BCUT2D eigenvalue weighted by Gasteiger charge is 2.22. The minimum absolute atomic E-state index is 0.0388. The molecule has 0 unspecified atom stereocenters. The average Bonchev–Trinajstić information content (AvgIpc) is 3.10. The van der Waals surface area contributed by atoms with Crippen LogP contribution in [0.5, 0.6) is 5.75 Å². The van der Waals surface area contributed by atoms with Crippen molar-refractivity contribution in [2.75, 3.05) is 45.5 Å². The van der Waals surface area contributed by atoms with Crippen molar-refractivity contribution in [2.45, 2.75) is 4.90 Å². The number of hydrogen-bond acceptors (Lipinski definition) is 5. The Bertz CT molecular complexity index is 923. The molecule has 0 atom stereocenters. The third-order valence-electron chi connectivity index (χ3n) is 4.23. The van der Waals surface area contributed by atoms with E-state index in [0.717, 1.165) is 27.6 Å². The molecule has 1 amide bonds. The van der Waals surface area contributed by atoms with Gasteiger partial charge in [0, 0.05) is 10.5 Å². The van der Waals surface area contributed by atoms with Gasteiger partial charge in [0.25, 0.3) is 5.91 Å². The van der Waals surface area contributed by atoms with Crippen LogP contribution in [0.3, 0.4) is 0 Å². The van der Waals surface area contributed by atoms with Crippen molar-refractivity contribution in [1.29, 1.82) is 0 Å². The van der Waals surface area contributed by atoms with E-state index in [1.54, 1.807) is 47.2 Å². The van der Waals surface area contributed by atoms with Crippen LogP contribution < -0.4 is 14.5 Å². The predicted molar refractivity (Wildman–Crippen MR) is 114 cm³/mol. The Balaban J connectivity index is 1.95. The number of ether oxygens (including phenoxy) is 1. The zero-order valence-corrected chi connectivity index (χ0v) is 17.6. The standard InChI is InChI=1S/C20H23N3O2S2/c1-22(2)11-12-23(19(24)14-5-7-15(25-3)8-6-14)20-21-17-10-9-16(26-4)13-18(17)27-20/h5-10,13H,11-12H2,1-4H3/p+1. The number of carbonyl (C=O) groups is 1. The van der Waals surface area contributed by atoms with Gasteiger partial charge in [0.05, 0.1) is 44.5 Å². The van der Waals surface area contributed by atoms with E-state index in [1.807, 2.05) is 18.2 Å². The Morgan fingerprint density at radius 1 is 1.22 bits per heavy atom. The van der Waals surface area contributed by atoms with Gasteiger partial charge < -0.3 is 9.64 Å². The summed E-state index contributed by atoms with van der Waals surface area (Å²) in [5, 5.41) is 0.741. The minimum atomic E-state index is -0.0388. The van der Waals surface area contributed by atoms with Gasteiger partial charge >= 0.3 is 0 Å². The first-order chi connectivity index (χ1) is 13.0. The number of benzene rings is 2. The van der Waals surface area contributed by atoms with Crippen molar-refractivity contribution in [1.82, 2.24) is 4.98 Å². The molecule has 3 rings (SSSR count). The summed E-state index contributed by atoms with van der Waals surface area (Å²) < 4.78 is 6.29. The quantitative estimate of drug-likeness (QED) is 0.618. The highest BCUT2D eigenvalue weighted by Crippen LogP contribution is 2.32. The summed E-state index contributed by atoms with van der Waals surface area (Å²) in [6, 6.07) is 13.4. The van der Waals surface area contributed by atoms with Gasteiger partial charge in [0.2, 0.25) is 0 Å². The fourth-order valence-electron chi connectivity index (χ4n) is 2.64. The van der Waals surface area contributed by atoms with E-state index in [2.05, 4.69) is 32.5 Å². The molecule has 0 saturated heterocycles. The number of thioether (sulfide) groups is 1. The first-order valence-corrected chi connectivity index (χ1v) is 10.8. The molecule has 142 valence electrons. The molecule has 0 fully saturated rings. The second-order valence-corrected chi connectivity index (χ2v) is 8.36. The summed E-state index contributed by atoms with van der Waals surface area (Å²) in [4.78, 5) is 22.2. The first-order valence-electron chi connectivity index (χ1n) is 8.71. The van der Waals surface area contributed by atoms with E-state index in [-0.39, 0.29) is 5.91 Å². The number of nitrogens with zero attached hydrogens (tertiary/aromatic N) is 2. The summed E-state index contributed by atoms with van der Waals surface area (Å²) in [5.41, 5.74) is 1.56. The normalized spacial score (nSPS) is 11.1. The maximum Gasteiger partial charge on any atom is 0.260 e. The Morgan fingerprint density at radius 3 is 2.59 bits per heavy atom. The van der Waals surface area contributed by atoms with E-state index >= 15 is 0 Å². The number of nitrogens with one attached hydrogen (secondary N) is 1. The number of aromatic nitrogens is 1. The molecule has 1 N–H and O–H groups in total. The van der Waals surface area contributed by atoms with Crippen LogP contribution in [0.1, 0.15) is 10.4 Å². The Morgan fingerprint density at radius 2 is 1.96 bits per heavy atom. The Hall–Kier alpha value is -2.09. The molecule has 0 aliphatic carbocycles. The number of amides is 1. The second-order valence-electron chi connectivity index (χ2n) is 6.47. The number of fused-ring (bicyclic) bond motifs is 1. The molecule has 0 radical (unpaired) electrons. The number of likely N-dealkylation sites (N-methyl/N-ethyl adjacent to an activating group) is 1. The average molecular weight is 403 g/mol. The van der Waals surface area contributed by atoms with Crippen LogP contribution in [0, 0.1) is 0 Å². The molecule has 0 spiro atoms. The number of thiazole rings is 1. The summed E-state index contributed by atoms with van der Waals surface area (Å²) in [5.74, 6) is 0.698. The molecule has 3 aromatic rings. The third-order valence-corrected chi connectivity index (χ3v) is 6.00. The van der Waals surface area contributed by atoms with Gasteiger partial charge in [-0.25, -0.2) is 4.98 Å². The smallest absolute Gasteiger partial charge is 0.260 e. The zero-order valence-electron chi connectivity index (χ0n) is 16.0. The highest BCUT2D eigenvalue weighted by atomic mass is 32.2. The molecule has 0 bridgehead atoms. The van der Waals surface area contributed by atoms with Crippen LogP contribution in [-0.2, 0) is 0 Å². The van der Waals surface area contributed by atoms with E-state index in [1.165, 1.54) is 9.80 Å². The van der Waals surface area contributed by atoms with Crippen LogP contribution in [0.25, 0.3) is 10.2 Å². The molecule has 5 nitrogen and oxygen atoms in total. The van der Waals surface area contributed by atoms with Crippen LogP contribution in [0.15, 0.2) is 47.4 Å². The number of carbonyl (C=O) groups excluding carboxylic acids is 1. The van der Waals surface area contributed by atoms with Crippen molar-refractivity contribution >= 4 is 44.4 Å². The van der Waals surface area contributed by atoms with Crippen molar-refractivity contribution in [2.24, 2.45) is 0 Å². The van der Waals surface area contributed by atoms with Crippen molar-refractivity contribution in [3.05, 3.63) is 48.0 Å². The van der Waals surface area contributed by atoms with E-state index in [0.29, 0.717) is 12.1 Å². The predicted octanol–water partition coefficient (Wildman–Crippen LogP) is 2.82. The summed E-state index contributed by atoms with van der Waals surface area (Å²) >= 11 is 3.27. The molecule has 0 aliphatic heterocycles. The lowest BCUT2D eigenvalue weighted by atomic mass is 10.2. The Labute approximate surface area is 168 Å². The molecule has 0 saturated carbocycles. The summed E-state index contributed by atoms with van der Waals surface area (Å²) in [6.07, 6.45) is 2.06. The minimum Gasteiger partial charge on any atom is -0.497 e.